The molecule has 17 heavy (non-hydrogen) atoms. The number of rotatable bonds is 3. The molecule has 1 aliphatic rings. The van der Waals surface area contributed by atoms with Gasteiger partial charge in [0.1, 0.15) is 6.54 Å². The molecule has 5 heteroatoms. The second-order valence-electron chi connectivity index (χ2n) is 4.15. The van der Waals surface area contributed by atoms with Crippen molar-refractivity contribution in [2.45, 2.75) is 6.42 Å². The monoisotopic (exact) mass is 233 g/mol. The fourth-order valence-electron chi connectivity index (χ4n) is 1.78. The fourth-order valence-corrected chi connectivity index (χ4v) is 1.78. The Morgan fingerprint density at radius 3 is 2.41 bits per heavy atom. The van der Waals surface area contributed by atoms with Crippen molar-refractivity contribution in [1.82, 2.24) is 9.80 Å². The van der Waals surface area contributed by atoms with Gasteiger partial charge in [0.2, 0.25) is 5.91 Å². The highest BCUT2D eigenvalue weighted by Gasteiger charge is 2.32. The van der Waals surface area contributed by atoms with Crippen molar-refractivity contribution < 1.29 is 9.59 Å². The quantitative estimate of drug-likeness (QED) is 0.617. The molecule has 1 fully saturated rings. The number of carbonyl (C=O) groups excluding carboxylic acids is 2. The van der Waals surface area contributed by atoms with Crippen LogP contribution in [0.5, 0.6) is 0 Å². The Balaban J connectivity index is 1.93. The third kappa shape index (κ3) is 2.38. The Morgan fingerprint density at radius 2 is 1.88 bits per heavy atom. The summed E-state index contributed by atoms with van der Waals surface area (Å²) in [5, 5.41) is 0. The molecule has 1 aromatic rings. The minimum atomic E-state index is -0.217. The fraction of sp³-hybridized carbons (Fsp3) is 0.333. The van der Waals surface area contributed by atoms with Gasteiger partial charge in [-0.05, 0) is 24.1 Å². The molecule has 0 atom stereocenters. The molecule has 1 aliphatic heterocycles. The zero-order chi connectivity index (χ0) is 12.4. The average molecular weight is 233 g/mol. The average Bonchev–Trinajstić information content (AvgIpc) is 2.56. The third-order valence-electron chi connectivity index (χ3n) is 2.91. The van der Waals surface area contributed by atoms with E-state index in [9.17, 15) is 9.59 Å². The molecule has 1 aromatic carbocycles. The van der Waals surface area contributed by atoms with Gasteiger partial charge in [-0.2, -0.15) is 0 Å². The summed E-state index contributed by atoms with van der Waals surface area (Å²) < 4.78 is 0. The lowest BCUT2D eigenvalue weighted by Gasteiger charge is -2.14. The van der Waals surface area contributed by atoms with Crippen molar-refractivity contribution >= 4 is 17.6 Å². The van der Waals surface area contributed by atoms with E-state index in [-0.39, 0.29) is 18.5 Å². The summed E-state index contributed by atoms with van der Waals surface area (Å²) in [4.78, 5) is 25.6. The molecule has 0 aromatic heterocycles. The topological polar surface area (TPSA) is 66.6 Å². The van der Waals surface area contributed by atoms with E-state index in [0.29, 0.717) is 6.54 Å². The number of imide groups is 1. The van der Waals surface area contributed by atoms with Crippen molar-refractivity contribution in [1.29, 1.82) is 0 Å². The Bertz CT molecular complexity index is 442. The highest BCUT2D eigenvalue weighted by molar-refractivity contribution is 6.01. The first-order valence-electron chi connectivity index (χ1n) is 5.48. The summed E-state index contributed by atoms with van der Waals surface area (Å²) in [7, 11) is 1.51. The third-order valence-corrected chi connectivity index (χ3v) is 2.91. The van der Waals surface area contributed by atoms with E-state index in [4.69, 9.17) is 5.73 Å². The van der Waals surface area contributed by atoms with E-state index < -0.39 is 0 Å². The molecule has 3 amide bonds. The number of urea groups is 1. The van der Waals surface area contributed by atoms with Gasteiger partial charge in [-0.1, -0.05) is 12.1 Å². The highest BCUT2D eigenvalue weighted by Crippen LogP contribution is 2.11. The molecule has 0 spiro atoms. The van der Waals surface area contributed by atoms with E-state index in [1.807, 2.05) is 24.3 Å². The van der Waals surface area contributed by atoms with Gasteiger partial charge in [-0.25, -0.2) is 4.79 Å². The summed E-state index contributed by atoms with van der Waals surface area (Å²) in [6.45, 7) is 0.739. The number of carbonyl (C=O) groups is 2. The Hall–Kier alpha value is -2.04. The summed E-state index contributed by atoms with van der Waals surface area (Å²) in [6.07, 6.45) is 0.729. The minimum Gasteiger partial charge on any atom is -0.399 e. The van der Waals surface area contributed by atoms with Gasteiger partial charge in [0.25, 0.3) is 0 Å². The van der Waals surface area contributed by atoms with Crippen LogP contribution >= 0.6 is 0 Å². The number of hydrogen-bond donors (Lipinski definition) is 1. The first-order valence-corrected chi connectivity index (χ1v) is 5.48. The van der Waals surface area contributed by atoms with Crippen LogP contribution in [0.1, 0.15) is 5.56 Å². The first kappa shape index (κ1) is 11.4. The molecule has 0 saturated carbocycles. The molecule has 2 rings (SSSR count). The van der Waals surface area contributed by atoms with Crippen LogP contribution in [0.15, 0.2) is 24.3 Å². The number of amides is 3. The predicted octanol–water partition coefficient (Wildman–Crippen LogP) is 0.705. The van der Waals surface area contributed by atoms with Crippen LogP contribution in [0.4, 0.5) is 10.5 Å². The Morgan fingerprint density at radius 1 is 1.24 bits per heavy atom. The maximum atomic E-state index is 11.6. The highest BCUT2D eigenvalue weighted by atomic mass is 16.2. The zero-order valence-corrected chi connectivity index (χ0v) is 9.72. The lowest BCUT2D eigenvalue weighted by atomic mass is 10.1. The number of nitrogens with zero attached hydrogens (tertiary/aromatic N) is 2. The summed E-state index contributed by atoms with van der Waals surface area (Å²) in [5.74, 6) is -0.146. The minimum absolute atomic E-state index is 0.146. The maximum absolute atomic E-state index is 11.6. The molecule has 0 radical (unpaired) electrons. The van der Waals surface area contributed by atoms with Gasteiger partial charge in [-0.3, -0.25) is 9.69 Å². The van der Waals surface area contributed by atoms with Crippen molar-refractivity contribution in [3.05, 3.63) is 29.8 Å². The number of anilines is 1. The molecule has 0 bridgehead atoms. The molecular weight excluding hydrogens is 218 g/mol. The number of hydrogen-bond acceptors (Lipinski definition) is 3. The molecule has 0 unspecified atom stereocenters. The summed E-state index contributed by atoms with van der Waals surface area (Å²) >= 11 is 0. The van der Waals surface area contributed by atoms with E-state index in [2.05, 4.69) is 0 Å². The second kappa shape index (κ2) is 4.45. The van der Waals surface area contributed by atoms with Crippen LogP contribution < -0.4 is 5.73 Å². The van der Waals surface area contributed by atoms with Crippen molar-refractivity contribution in [3.63, 3.8) is 0 Å². The van der Waals surface area contributed by atoms with Gasteiger partial charge in [0.15, 0.2) is 0 Å². The van der Waals surface area contributed by atoms with E-state index >= 15 is 0 Å². The first-order chi connectivity index (χ1) is 8.08. The molecule has 5 nitrogen and oxygen atoms in total. The Labute approximate surface area is 99.8 Å². The van der Waals surface area contributed by atoms with Crippen LogP contribution in [0.25, 0.3) is 0 Å². The number of nitrogen functional groups attached to an aromatic ring is 1. The van der Waals surface area contributed by atoms with E-state index in [1.165, 1.54) is 7.05 Å². The van der Waals surface area contributed by atoms with Crippen LogP contribution in [-0.4, -0.2) is 41.9 Å². The lowest BCUT2D eigenvalue weighted by Crippen LogP contribution is -2.31. The van der Waals surface area contributed by atoms with Gasteiger partial charge in [0, 0.05) is 19.3 Å². The summed E-state index contributed by atoms with van der Waals surface area (Å²) in [6, 6.07) is 7.31. The van der Waals surface area contributed by atoms with Gasteiger partial charge in [-0.15, -0.1) is 0 Å². The normalized spacial score (nSPS) is 15.8. The van der Waals surface area contributed by atoms with Crippen LogP contribution in [-0.2, 0) is 11.2 Å². The molecule has 1 heterocycles. The van der Waals surface area contributed by atoms with E-state index in [1.54, 1.807) is 4.90 Å². The van der Waals surface area contributed by atoms with Gasteiger partial charge < -0.3 is 10.6 Å². The smallest absolute Gasteiger partial charge is 0.326 e. The van der Waals surface area contributed by atoms with Gasteiger partial charge in [0.05, 0.1) is 0 Å². The molecule has 0 aliphatic carbocycles. The van der Waals surface area contributed by atoms with Crippen molar-refractivity contribution in [2.24, 2.45) is 0 Å². The largest absolute Gasteiger partial charge is 0.399 e. The second-order valence-corrected chi connectivity index (χ2v) is 4.15. The van der Waals surface area contributed by atoms with E-state index in [0.717, 1.165) is 22.6 Å². The van der Waals surface area contributed by atoms with Crippen LogP contribution in [0, 0.1) is 0 Å². The van der Waals surface area contributed by atoms with Crippen LogP contribution in [0.3, 0.4) is 0 Å². The number of benzene rings is 1. The molecular formula is C12H15N3O2. The number of likely N-dealkylation sites (N-methyl/N-ethyl adjacent to an activating group) is 1. The predicted molar refractivity (Wildman–Crippen MR) is 64.3 cm³/mol. The maximum Gasteiger partial charge on any atom is 0.326 e. The molecule has 1 saturated heterocycles. The van der Waals surface area contributed by atoms with Gasteiger partial charge >= 0.3 is 6.03 Å². The standard InChI is InChI=1S/C12H15N3O2/c1-14-11(16)8-15(12(14)17)7-6-9-2-4-10(13)5-3-9/h2-5H,6-8,13H2,1H3. The van der Waals surface area contributed by atoms with Crippen LogP contribution in [0.2, 0.25) is 0 Å². The number of nitrogens with two attached hydrogens (primary N) is 1. The lowest BCUT2D eigenvalue weighted by molar-refractivity contribution is -0.124. The molecule has 90 valence electrons. The molecule has 2 N–H and O–H groups in total. The Kier molecular flexibility index (Phi) is 2.99. The van der Waals surface area contributed by atoms with Crippen molar-refractivity contribution in [3.8, 4) is 0 Å². The SMILES string of the molecule is CN1C(=O)CN(CCc2ccc(N)cc2)C1=O. The summed E-state index contributed by atoms with van der Waals surface area (Å²) in [5.41, 5.74) is 7.42. The zero-order valence-electron chi connectivity index (χ0n) is 9.72. The van der Waals surface area contributed by atoms with Crippen molar-refractivity contribution in [2.75, 3.05) is 25.9 Å².